The summed E-state index contributed by atoms with van der Waals surface area (Å²) in [7, 11) is -3.89. The Bertz CT molecular complexity index is 1620. The normalized spacial score (nSPS) is 15.3. The average molecular weight is 490 g/mol. The van der Waals surface area contributed by atoms with E-state index < -0.39 is 21.6 Å². The molecule has 3 aromatic carbocycles. The molecule has 0 N–H and O–H groups in total. The number of aryl methyl sites for hydroxylation is 1. The van der Waals surface area contributed by atoms with E-state index in [4.69, 9.17) is 9.15 Å². The van der Waals surface area contributed by atoms with Crippen molar-refractivity contribution in [2.45, 2.75) is 37.8 Å². The zero-order chi connectivity index (χ0) is 24.7. The smallest absolute Gasteiger partial charge is 0.338 e. The van der Waals surface area contributed by atoms with Crippen LogP contribution in [-0.2, 0) is 27.8 Å². The van der Waals surface area contributed by atoms with Crippen LogP contribution in [0.4, 0.5) is 5.69 Å². The van der Waals surface area contributed by atoms with Crippen molar-refractivity contribution in [1.82, 2.24) is 0 Å². The lowest BCUT2D eigenvalue weighted by atomic mass is 10.1. The molecule has 0 saturated heterocycles. The van der Waals surface area contributed by atoms with Gasteiger partial charge in [0.05, 0.1) is 16.1 Å². The van der Waals surface area contributed by atoms with Crippen molar-refractivity contribution in [2.24, 2.45) is 0 Å². The fourth-order valence-corrected chi connectivity index (χ4v) is 6.22. The van der Waals surface area contributed by atoms with Gasteiger partial charge in [0.2, 0.25) is 0 Å². The molecule has 4 aromatic rings. The highest BCUT2D eigenvalue weighted by Crippen LogP contribution is 2.36. The number of hydrogen-bond acceptors (Lipinski definition) is 6. The fourth-order valence-electron chi connectivity index (χ4n) is 4.48. The zero-order valence-corrected chi connectivity index (χ0v) is 20.0. The van der Waals surface area contributed by atoms with Crippen molar-refractivity contribution >= 4 is 32.6 Å². The Labute approximate surface area is 202 Å². The van der Waals surface area contributed by atoms with Crippen LogP contribution < -0.4 is 9.93 Å². The topological polar surface area (TPSA) is 93.9 Å². The van der Waals surface area contributed by atoms with Gasteiger partial charge >= 0.3 is 11.6 Å². The van der Waals surface area contributed by atoms with Crippen LogP contribution in [-0.4, -0.2) is 20.4 Å². The zero-order valence-electron chi connectivity index (χ0n) is 19.2. The molecule has 0 radical (unpaired) electrons. The minimum absolute atomic E-state index is 0.0109. The van der Waals surface area contributed by atoms with E-state index >= 15 is 0 Å². The van der Waals surface area contributed by atoms with E-state index in [0.717, 1.165) is 11.1 Å². The molecule has 178 valence electrons. The van der Waals surface area contributed by atoms with E-state index in [9.17, 15) is 18.0 Å². The maximum absolute atomic E-state index is 13.5. The van der Waals surface area contributed by atoms with Gasteiger partial charge in [-0.05, 0) is 61.7 Å². The number of ether oxygens (including phenoxy) is 1. The first-order valence-electron chi connectivity index (χ1n) is 11.2. The molecule has 8 heteroatoms. The summed E-state index contributed by atoms with van der Waals surface area (Å²) in [6, 6.07) is 19.7. The third kappa shape index (κ3) is 4.21. The van der Waals surface area contributed by atoms with Gasteiger partial charge in [-0.1, -0.05) is 36.4 Å². The third-order valence-corrected chi connectivity index (χ3v) is 8.04. The molecule has 0 bridgehead atoms. The number of benzene rings is 3. The van der Waals surface area contributed by atoms with Crippen molar-refractivity contribution in [3.63, 3.8) is 0 Å². The van der Waals surface area contributed by atoms with E-state index in [2.05, 4.69) is 0 Å². The molecule has 0 unspecified atom stereocenters. The van der Waals surface area contributed by atoms with Gasteiger partial charge in [-0.2, -0.15) is 0 Å². The third-order valence-electron chi connectivity index (χ3n) is 6.12. The van der Waals surface area contributed by atoms with Gasteiger partial charge in [0.25, 0.3) is 10.0 Å². The molecule has 0 spiro atoms. The second-order valence-electron chi connectivity index (χ2n) is 8.68. The SMILES string of the molecule is Cc1ccc2c(COC(=O)c3cccc(S(=O)(=O)N4c5ccccc5C[C@@H]4C)c3)cc(=O)oc2c1. The van der Waals surface area contributed by atoms with Crippen LogP contribution in [0.1, 0.15) is 34.0 Å². The van der Waals surface area contributed by atoms with Crippen LogP contribution >= 0.6 is 0 Å². The first kappa shape index (κ1) is 22.9. The van der Waals surface area contributed by atoms with Crippen LogP contribution in [0, 0.1) is 6.92 Å². The van der Waals surface area contributed by atoms with Crippen LogP contribution in [0.3, 0.4) is 0 Å². The fraction of sp³-hybridized carbons (Fsp3) is 0.185. The summed E-state index contributed by atoms with van der Waals surface area (Å²) < 4.78 is 39.1. The van der Waals surface area contributed by atoms with Gasteiger partial charge in [0.15, 0.2) is 0 Å². The van der Waals surface area contributed by atoms with Crippen LogP contribution in [0.5, 0.6) is 0 Å². The summed E-state index contributed by atoms with van der Waals surface area (Å²) in [5.41, 5.74) is 3.04. The summed E-state index contributed by atoms with van der Waals surface area (Å²) >= 11 is 0. The Morgan fingerprint density at radius 3 is 2.69 bits per heavy atom. The molecule has 0 amide bonds. The van der Waals surface area contributed by atoms with Gasteiger partial charge < -0.3 is 9.15 Å². The quantitative estimate of drug-likeness (QED) is 0.300. The van der Waals surface area contributed by atoms with E-state index in [-0.39, 0.29) is 23.1 Å². The Morgan fingerprint density at radius 1 is 1.06 bits per heavy atom. The molecule has 1 aliphatic rings. The van der Waals surface area contributed by atoms with Gasteiger partial charge in [0.1, 0.15) is 12.2 Å². The van der Waals surface area contributed by atoms with E-state index in [1.807, 2.05) is 38.1 Å². The van der Waals surface area contributed by atoms with Crippen molar-refractivity contribution in [1.29, 1.82) is 0 Å². The number of anilines is 1. The van der Waals surface area contributed by atoms with Gasteiger partial charge in [-0.25, -0.2) is 18.0 Å². The molecular formula is C27H23NO6S. The second kappa shape index (κ2) is 8.70. The highest BCUT2D eigenvalue weighted by Gasteiger charge is 2.36. The highest BCUT2D eigenvalue weighted by molar-refractivity contribution is 7.92. The standard InChI is InChI=1S/C27H23NO6S/c1-17-10-11-23-21(15-26(29)34-25(23)12-17)16-33-27(30)20-7-5-8-22(14-20)35(31,32)28-18(2)13-19-6-3-4-9-24(19)28/h3-12,14-15,18H,13,16H2,1-2H3/t18-/m0/s1. The minimum atomic E-state index is -3.89. The number of esters is 1. The Hall–Kier alpha value is -3.91. The highest BCUT2D eigenvalue weighted by atomic mass is 32.2. The molecule has 2 heterocycles. The number of rotatable bonds is 5. The summed E-state index contributed by atoms with van der Waals surface area (Å²) in [6.07, 6.45) is 0.621. The number of carbonyl (C=O) groups excluding carboxylic acids is 1. The molecule has 1 atom stereocenters. The summed E-state index contributed by atoms with van der Waals surface area (Å²) in [6.45, 7) is 3.59. The van der Waals surface area contributed by atoms with Crippen molar-refractivity contribution in [3.05, 3.63) is 105 Å². The molecule has 5 rings (SSSR count). The maximum Gasteiger partial charge on any atom is 0.338 e. The van der Waals surface area contributed by atoms with Gasteiger partial charge in [-0.3, -0.25) is 4.31 Å². The van der Waals surface area contributed by atoms with Crippen molar-refractivity contribution < 1.29 is 22.4 Å². The maximum atomic E-state index is 13.5. The van der Waals surface area contributed by atoms with Gasteiger partial charge in [0, 0.05) is 23.1 Å². The molecule has 0 aliphatic carbocycles. The Kier molecular flexibility index (Phi) is 5.68. The molecule has 1 aromatic heterocycles. The molecule has 0 saturated carbocycles. The lowest BCUT2D eigenvalue weighted by Gasteiger charge is -2.24. The first-order chi connectivity index (χ1) is 16.7. The second-order valence-corrected chi connectivity index (χ2v) is 10.5. The van der Waals surface area contributed by atoms with Crippen molar-refractivity contribution in [2.75, 3.05) is 4.31 Å². The Morgan fingerprint density at radius 2 is 1.86 bits per heavy atom. The summed E-state index contributed by atoms with van der Waals surface area (Å²) in [5, 5.41) is 0.668. The monoisotopic (exact) mass is 489 g/mol. The number of para-hydroxylation sites is 1. The largest absolute Gasteiger partial charge is 0.457 e. The molecule has 7 nitrogen and oxygen atoms in total. The summed E-state index contributed by atoms with van der Waals surface area (Å²) in [5.74, 6) is -0.689. The van der Waals surface area contributed by atoms with Crippen molar-refractivity contribution in [3.8, 4) is 0 Å². The predicted molar refractivity (Wildman–Crippen MR) is 132 cm³/mol. The molecule has 35 heavy (non-hydrogen) atoms. The number of carbonyl (C=O) groups is 1. The first-order valence-corrected chi connectivity index (χ1v) is 12.6. The van der Waals surface area contributed by atoms with E-state index in [1.54, 1.807) is 18.2 Å². The van der Waals surface area contributed by atoms with Gasteiger partial charge in [-0.15, -0.1) is 0 Å². The Balaban J connectivity index is 1.40. The number of nitrogens with zero attached hydrogens (tertiary/aromatic N) is 1. The van der Waals surface area contributed by atoms with E-state index in [1.165, 1.54) is 34.6 Å². The van der Waals surface area contributed by atoms with Crippen LogP contribution in [0.15, 0.2) is 86.9 Å². The lowest BCUT2D eigenvalue weighted by molar-refractivity contribution is 0.0473. The number of fused-ring (bicyclic) bond motifs is 2. The molecule has 1 aliphatic heterocycles. The number of sulfonamides is 1. The minimum Gasteiger partial charge on any atom is -0.457 e. The average Bonchev–Trinajstić information content (AvgIpc) is 3.18. The van der Waals surface area contributed by atoms with E-state index in [0.29, 0.717) is 28.6 Å². The lowest BCUT2D eigenvalue weighted by Crippen LogP contribution is -2.35. The predicted octanol–water partition coefficient (Wildman–Crippen LogP) is 4.60. The molecular weight excluding hydrogens is 466 g/mol. The van der Waals surface area contributed by atoms with Crippen LogP contribution in [0.25, 0.3) is 11.0 Å². The number of hydrogen-bond donors (Lipinski definition) is 0. The summed E-state index contributed by atoms with van der Waals surface area (Å²) in [4.78, 5) is 24.8. The van der Waals surface area contributed by atoms with Crippen LogP contribution in [0.2, 0.25) is 0 Å². The molecule has 0 fully saturated rings.